The zero-order chi connectivity index (χ0) is 23.5. The molecule has 0 heterocycles. The number of aliphatic hydroxyl groups is 1. The number of amides is 2. The summed E-state index contributed by atoms with van der Waals surface area (Å²) in [4.78, 5) is 36.8. The average Bonchev–Trinajstić information content (AvgIpc) is 2.73. The van der Waals surface area contributed by atoms with Crippen molar-refractivity contribution < 1.29 is 29.0 Å². The molecule has 2 amide bonds. The van der Waals surface area contributed by atoms with Gasteiger partial charge in [0.2, 0.25) is 11.8 Å². The van der Waals surface area contributed by atoms with Crippen molar-refractivity contribution in [3.05, 3.63) is 25.3 Å². The first-order valence-corrected chi connectivity index (χ1v) is 11.0. The SMILES string of the molecule is C=CCCCCC(=O)OC[C@@H](NC(=O)[C@H](CC=C)CC(=O)NCCOCCO)C(C)C. The second-order valence-corrected chi connectivity index (χ2v) is 7.69. The summed E-state index contributed by atoms with van der Waals surface area (Å²) in [6.45, 7) is 12.0. The van der Waals surface area contributed by atoms with Crippen LogP contribution in [0.15, 0.2) is 25.3 Å². The smallest absolute Gasteiger partial charge is 0.305 e. The van der Waals surface area contributed by atoms with Gasteiger partial charge in [0.15, 0.2) is 0 Å². The number of aliphatic hydroxyl groups excluding tert-OH is 1. The van der Waals surface area contributed by atoms with Crippen LogP contribution >= 0.6 is 0 Å². The Bertz CT molecular complexity index is 550. The normalized spacial score (nSPS) is 12.6. The molecule has 178 valence electrons. The summed E-state index contributed by atoms with van der Waals surface area (Å²) in [5.41, 5.74) is 0. The van der Waals surface area contributed by atoms with Gasteiger partial charge in [-0.3, -0.25) is 14.4 Å². The topological polar surface area (TPSA) is 114 Å². The summed E-state index contributed by atoms with van der Waals surface area (Å²) < 4.78 is 10.4. The monoisotopic (exact) mass is 440 g/mol. The van der Waals surface area contributed by atoms with Crippen LogP contribution in [-0.2, 0) is 23.9 Å². The molecule has 0 saturated carbocycles. The third-order valence-corrected chi connectivity index (χ3v) is 4.65. The maximum absolute atomic E-state index is 12.7. The Labute approximate surface area is 186 Å². The lowest BCUT2D eigenvalue weighted by Crippen LogP contribution is -2.45. The third kappa shape index (κ3) is 15.3. The molecule has 0 aliphatic carbocycles. The van der Waals surface area contributed by atoms with Crippen LogP contribution in [0.2, 0.25) is 0 Å². The molecule has 0 bridgehead atoms. The zero-order valence-electron chi connectivity index (χ0n) is 19.1. The first-order chi connectivity index (χ1) is 14.8. The van der Waals surface area contributed by atoms with Gasteiger partial charge < -0.3 is 25.2 Å². The standard InChI is InChI=1S/C23H40N2O6/c1-5-7-8-9-11-22(28)31-17-20(18(3)4)25-23(29)19(10-6-2)16-21(27)24-12-14-30-15-13-26/h5-6,18-20,26H,1-2,7-17H2,3-4H3,(H,24,27)(H,25,29)/t19-,20-/m1/s1. The highest BCUT2D eigenvalue weighted by atomic mass is 16.5. The van der Waals surface area contributed by atoms with Gasteiger partial charge in [-0.1, -0.05) is 26.0 Å². The number of unbranched alkanes of at least 4 members (excludes halogenated alkanes) is 2. The molecule has 8 heteroatoms. The van der Waals surface area contributed by atoms with Crippen molar-refractivity contribution in [1.29, 1.82) is 0 Å². The Balaban J connectivity index is 4.56. The molecule has 0 radical (unpaired) electrons. The first-order valence-electron chi connectivity index (χ1n) is 11.0. The highest BCUT2D eigenvalue weighted by Gasteiger charge is 2.25. The quantitative estimate of drug-likeness (QED) is 0.161. The highest BCUT2D eigenvalue weighted by Crippen LogP contribution is 2.12. The van der Waals surface area contributed by atoms with Crippen molar-refractivity contribution in [3.63, 3.8) is 0 Å². The second-order valence-electron chi connectivity index (χ2n) is 7.69. The van der Waals surface area contributed by atoms with E-state index in [1.54, 1.807) is 6.08 Å². The minimum Gasteiger partial charge on any atom is -0.463 e. The van der Waals surface area contributed by atoms with E-state index in [9.17, 15) is 14.4 Å². The van der Waals surface area contributed by atoms with Crippen molar-refractivity contribution in [3.8, 4) is 0 Å². The maximum Gasteiger partial charge on any atom is 0.305 e. The number of esters is 1. The van der Waals surface area contributed by atoms with Crippen LogP contribution in [0.25, 0.3) is 0 Å². The van der Waals surface area contributed by atoms with Crippen molar-refractivity contribution in [2.75, 3.05) is 33.0 Å². The van der Waals surface area contributed by atoms with Crippen molar-refractivity contribution in [2.24, 2.45) is 11.8 Å². The molecule has 0 aromatic rings. The molecule has 8 nitrogen and oxygen atoms in total. The Morgan fingerprint density at radius 1 is 1.10 bits per heavy atom. The van der Waals surface area contributed by atoms with Gasteiger partial charge in [0.05, 0.1) is 31.8 Å². The van der Waals surface area contributed by atoms with Gasteiger partial charge in [0.1, 0.15) is 6.61 Å². The van der Waals surface area contributed by atoms with E-state index in [-0.39, 0.29) is 56.0 Å². The summed E-state index contributed by atoms with van der Waals surface area (Å²) >= 11 is 0. The molecule has 0 aromatic heterocycles. The zero-order valence-corrected chi connectivity index (χ0v) is 19.1. The highest BCUT2D eigenvalue weighted by molar-refractivity contribution is 5.86. The lowest BCUT2D eigenvalue weighted by Gasteiger charge is -2.25. The van der Waals surface area contributed by atoms with Crippen LogP contribution in [0.4, 0.5) is 0 Å². The lowest BCUT2D eigenvalue weighted by atomic mass is 9.97. The average molecular weight is 441 g/mol. The lowest BCUT2D eigenvalue weighted by molar-refractivity contribution is -0.145. The molecule has 31 heavy (non-hydrogen) atoms. The molecular formula is C23H40N2O6. The number of carbonyl (C=O) groups is 3. The molecule has 0 fully saturated rings. The number of carbonyl (C=O) groups excluding carboxylic acids is 3. The van der Waals surface area contributed by atoms with E-state index in [0.717, 1.165) is 19.3 Å². The van der Waals surface area contributed by atoms with Crippen molar-refractivity contribution >= 4 is 17.8 Å². The molecule has 2 atom stereocenters. The van der Waals surface area contributed by atoms with Gasteiger partial charge in [-0.25, -0.2) is 0 Å². The minimum atomic E-state index is -0.563. The van der Waals surface area contributed by atoms with Crippen LogP contribution in [-0.4, -0.2) is 61.9 Å². The number of hydrogen-bond donors (Lipinski definition) is 3. The number of ether oxygens (including phenoxy) is 2. The molecule has 3 N–H and O–H groups in total. The number of nitrogens with one attached hydrogen (secondary N) is 2. The largest absolute Gasteiger partial charge is 0.463 e. The predicted molar refractivity (Wildman–Crippen MR) is 120 cm³/mol. The molecule has 0 aliphatic rings. The van der Waals surface area contributed by atoms with Crippen molar-refractivity contribution in [1.82, 2.24) is 10.6 Å². The van der Waals surface area contributed by atoms with Gasteiger partial charge in [-0.2, -0.15) is 0 Å². The minimum absolute atomic E-state index is 0.0196. The molecule has 0 saturated heterocycles. The van der Waals surface area contributed by atoms with Gasteiger partial charge in [0.25, 0.3) is 0 Å². The molecule has 0 rings (SSSR count). The van der Waals surface area contributed by atoms with Crippen LogP contribution in [0.1, 0.15) is 52.4 Å². The van der Waals surface area contributed by atoms with E-state index in [1.165, 1.54) is 0 Å². The number of allylic oxidation sites excluding steroid dienone is 2. The van der Waals surface area contributed by atoms with Gasteiger partial charge in [-0.15, -0.1) is 13.2 Å². The molecule has 0 aliphatic heterocycles. The summed E-state index contributed by atoms with van der Waals surface area (Å²) in [6, 6.07) is -0.341. The fraction of sp³-hybridized carbons (Fsp3) is 0.696. The van der Waals surface area contributed by atoms with E-state index < -0.39 is 5.92 Å². The summed E-state index contributed by atoms with van der Waals surface area (Å²) in [6.07, 6.45) is 6.64. The molecule has 0 unspecified atom stereocenters. The van der Waals surface area contributed by atoms with Gasteiger partial charge in [0, 0.05) is 19.4 Å². The maximum atomic E-state index is 12.7. The molecular weight excluding hydrogens is 400 g/mol. The van der Waals surface area contributed by atoms with Gasteiger partial charge in [-0.05, 0) is 31.6 Å². The summed E-state index contributed by atoms with van der Waals surface area (Å²) in [5, 5.41) is 14.3. The Hall–Kier alpha value is -2.19. The van der Waals surface area contributed by atoms with E-state index in [2.05, 4.69) is 23.8 Å². The van der Waals surface area contributed by atoms with Gasteiger partial charge >= 0.3 is 5.97 Å². The third-order valence-electron chi connectivity index (χ3n) is 4.65. The fourth-order valence-electron chi connectivity index (χ4n) is 2.72. The van der Waals surface area contributed by atoms with E-state index >= 15 is 0 Å². The molecule has 0 aromatic carbocycles. The Morgan fingerprint density at radius 2 is 1.84 bits per heavy atom. The van der Waals surface area contributed by atoms with Crippen molar-refractivity contribution in [2.45, 2.75) is 58.4 Å². The first kappa shape index (κ1) is 28.8. The Kier molecular flexibility index (Phi) is 17.3. The van der Waals surface area contributed by atoms with Crippen LogP contribution in [0.5, 0.6) is 0 Å². The summed E-state index contributed by atoms with van der Waals surface area (Å²) in [7, 11) is 0. The van der Waals surface area contributed by atoms with Crippen LogP contribution in [0.3, 0.4) is 0 Å². The Morgan fingerprint density at radius 3 is 2.45 bits per heavy atom. The summed E-state index contributed by atoms with van der Waals surface area (Å²) in [5.74, 6) is -1.32. The fourth-order valence-corrected chi connectivity index (χ4v) is 2.72. The second kappa shape index (κ2) is 18.6. The van der Waals surface area contributed by atoms with Crippen LogP contribution < -0.4 is 10.6 Å². The van der Waals surface area contributed by atoms with E-state index in [1.807, 2.05) is 19.9 Å². The number of rotatable bonds is 19. The molecule has 0 spiro atoms. The van der Waals surface area contributed by atoms with E-state index in [4.69, 9.17) is 14.6 Å². The van der Waals surface area contributed by atoms with Crippen LogP contribution in [0, 0.1) is 11.8 Å². The predicted octanol–water partition coefficient (Wildman–Crippen LogP) is 2.12. The van der Waals surface area contributed by atoms with E-state index in [0.29, 0.717) is 26.0 Å². The number of hydrogen-bond acceptors (Lipinski definition) is 6.